The molecule has 1 aromatic heterocycles. The number of rotatable bonds is 6. The van der Waals surface area contributed by atoms with Crippen molar-refractivity contribution in [2.24, 2.45) is 5.41 Å². The molecule has 2 aromatic carbocycles. The van der Waals surface area contributed by atoms with E-state index in [0.29, 0.717) is 29.3 Å². The van der Waals surface area contributed by atoms with Crippen LogP contribution in [0, 0.1) is 16.6 Å². The number of hydrogen-bond donors (Lipinski definition) is 2. The number of aromatic nitrogens is 1. The number of H-pyrrole nitrogens is 1. The molecule has 3 aromatic rings. The Balaban J connectivity index is 1.99. The minimum absolute atomic E-state index is 0.142. The summed E-state index contributed by atoms with van der Waals surface area (Å²) in [4.78, 5) is 15.9. The van der Waals surface area contributed by atoms with Crippen LogP contribution in [0.4, 0.5) is 4.39 Å². The third kappa shape index (κ3) is 3.00. The van der Waals surface area contributed by atoms with Crippen LogP contribution in [0.25, 0.3) is 10.9 Å². The minimum atomic E-state index is -0.778. The van der Waals surface area contributed by atoms with Crippen molar-refractivity contribution in [3.8, 4) is 0 Å². The van der Waals surface area contributed by atoms with Crippen LogP contribution in [0.15, 0.2) is 54.7 Å². The molecule has 2 N–H and O–H groups in total. The molecule has 0 spiro atoms. The van der Waals surface area contributed by atoms with Crippen LogP contribution in [-0.4, -0.2) is 17.0 Å². The summed E-state index contributed by atoms with van der Waals surface area (Å²) in [6.45, 7) is 1.84. The zero-order valence-electron chi connectivity index (χ0n) is 13.5. The summed E-state index contributed by atoms with van der Waals surface area (Å²) in [7, 11) is 0. The summed E-state index contributed by atoms with van der Waals surface area (Å²) in [5.41, 5.74) is 1.00. The fourth-order valence-corrected chi connectivity index (χ4v) is 3.12. The van der Waals surface area contributed by atoms with E-state index < -0.39 is 11.2 Å². The lowest BCUT2D eigenvalue weighted by molar-refractivity contribution is 0.0824. The molecule has 0 bridgehead atoms. The van der Waals surface area contributed by atoms with Gasteiger partial charge in [-0.25, -0.2) is 4.39 Å². The summed E-state index contributed by atoms with van der Waals surface area (Å²) in [6, 6.07) is 14.5. The van der Waals surface area contributed by atoms with E-state index >= 15 is 0 Å². The topological polar surface area (TPSA) is 56.7 Å². The monoisotopic (exact) mass is 322 g/mol. The van der Waals surface area contributed by atoms with Crippen molar-refractivity contribution < 1.29 is 9.18 Å². The van der Waals surface area contributed by atoms with Gasteiger partial charge >= 0.3 is 0 Å². The molecule has 0 saturated carbocycles. The Kier molecular flexibility index (Phi) is 4.30. The van der Waals surface area contributed by atoms with Crippen molar-refractivity contribution in [1.82, 2.24) is 4.98 Å². The van der Waals surface area contributed by atoms with Gasteiger partial charge in [-0.1, -0.05) is 37.3 Å². The average Bonchev–Trinajstić information content (AvgIpc) is 3.04. The largest absolute Gasteiger partial charge is 0.359 e. The Hall–Kier alpha value is -2.75. The molecule has 3 rings (SSSR count). The minimum Gasteiger partial charge on any atom is -0.359 e. The van der Waals surface area contributed by atoms with Gasteiger partial charge in [-0.15, -0.1) is 0 Å². The van der Waals surface area contributed by atoms with Crippen LogP contribution >= 0.6 is 0 Å². The Bertz CT molecular complexity index is 885. The number of nitrogens with one attached hydrogen (secondary N) is 2. The van der Waals surface area contributed by atoms with Gasteiger partial charge in [0.1, 0.15) is 5.82 Å². The molecule has 0 aliphatic heterocycles. The number of halogens is 1. The van der Waals surface area contributed by atoms with E-state index in [1.807, 2.05) is 37.3 Å². The Labute approximate surface area is 140 Å². The molecular weight excluding hydrogens is 303 g/mol. The van der Waals surface area contributed by atoms with Gasteiger partial charge in [0, 0.05) is 22.6 Å². The first kappa shape index (κ1) is 16.1. The number of benzene rings is 2. The predicted octanol–water partition coefficient (Wildman–Crippen LogP) is 4.78. The van der Waals surface area contributed by atoms with Gasteiger partial charge in [0.05, 0.1) is 5.52 Å². The summed E-state index contributed by atoms with van der Waals surface area (Å²) in [6.07, 6.45) is 3.73. The Morgan fingerprint density at radius 3 is 2.71 bits per heavy atom. The molecule has 3 nitrogen and oxygen atoms in total. The highest BCUT2D eigenvalue weighted by molar-refractivity contribution is 6.04. The number of carbonyl (C=O) groups excluding carboxylic acids is 1. The zero-order valence-corrected chi connectivity index (χ0v) is 13.5. The van der Waals surface area contributed by atoms with Gasteiger partial charge in [-0.3, -0.25) is 4.79 Å². The van der Waals surface area contributed by atoms with Crippen LogP contribution in [0.3, 0.4) is 0 Å². The Morgan fingerprint density at radius 1 is 1.25 bits per heavy atom. The van der Waals surface area contributed by atoms with Crippen molar-refractivity contribution in [3.05, 3.63) is 71.7 Å². The van der Waals surface area contributed by atoms with Gasteiger partial charge in [0.2, 0.25) is 0 Å². The summed E-state index contributed by atoms with van der Waals surface area (Å²) >= 11 is 0. The number of aromatic amines is 1. The van der Waals surface area contributed by atoms with Gasteiger partial charge in [0.25, 0.3) is 0 Å². The standard InChI is InChI=1S/C20H19FN2O/c1-20(8-9-22,13-14-5-3-2-4-6-14)19(24)16-11-15-7-10-23-18(15)17(21)12-16/h2-7,9-12,22-23H,8,13H2,1H3. The maximum atomic E-state index is 14.2. The number of fused-ring (bicyclic) bond motifs is 1. The van der Waals surface area contributed by atoms with Crippen molar-refractivity contribution in [2.45, 2.75) is 19.8 Å². The molecule has 0 radical (unpaired) electrons. The third-order valence-corrected chi connectivity index (χ3v) is 4.41. The molecule has 4 heteroatoms. The van der Waals surface area contributed by atoms with E-state index in [9.17, 15) is 9.18 Å². The molecule has 1 atom stereocenters. The lowest BCUT2D eigenvalue weighted by Gasteiger charge is -2.27. The van der Waals surface area contributed by atoms with Crippen LogP contribution < -0.4 is 0 Å². The van der Waals surface area contributed by atoms with E-state index in [2.05, 4.69) is 4.98 Å². The molecule has 0 fully saturated rings. The predicted molar refractivity (Wildman–Crippen MR) is 94.2 cm³/mol. The van der Waals surface area contributed by atoms with E-state index in [4.69, 9.17) is 5.41 Å². The highest BCUT2D eigenvalue weighted by Crippen LogP contribution is 2.32. The fraction of sp³-hybridized carbons (Fsp3) is 0.200. The second kappa shape index (κ2) is 6.40. The fourth-order valence-electron chi connectivity index (χ4n) is 3.12. The molecule has 1 unspecified atom stereocenters. The Morgan fingerprint density at radius 2 is 2.00 bits per heavy atom. The molecule has 0 amide bonds. The van der Waals surface area contributed by atoms with E-state index in [0.717, 1.165) is 5.56 Å². The smallest absolute Gasteiger partial charge is 0.169 e. The number of Topliss-reactive ketones (excluding diaryl/α,β-unsaturated/α-hetero) is 1. The molecule has 122 valence electrons. The first-order valence-corrected chi connectivity index (χ1v) is 7.88. The zero-order chi connectivity index (χ0) is 17.2. The van der Waals surface area contributed by atoms with E-state index in [1.54, 1.807) is 18.3 Å². The van der Waals surface area contributed by atoms with Gasteiger partial charge < -0.3 is 10.4 Å². The van der Waals surface area contributed by atoms with Gasteiger partial charge in [0.15, 0.2) is 5.78 Å². The lowest BCUT2D eigenvalue weighted by atomic mass is 9.75. The van der Waals surface area contributed by atoms with Crippen LogP contribution in [-0.2, 0) is 6.42 Å². The number of carbonyl (C=O) groups is 1. The van der Waals surface area contributed by atoms with Crippen molar-refractivity contribution in [3.63, 3.8) is 0 Å². The maximum absolute atomic E-state index is 14.2. The van der Waals surface area contributed by atoms with E-state index in [-0.39, 0.29) is 5.78 Å². The molecule has 0 aliphatic rings. The second-order valence-corrected chi connectivity index (χ2v) is 6.36. The maximum Gasteiger partial charge on any atom is 0.169 e. The molecule has 24 heavy (non-hydrogen) atoms. The summed E-state index contributed by atoms with van der Waals surface area (Å²) < 4.78 is 14.2. The molecule has 1 heterocycles. The van der Waals surface area contributed by atoms with Crippen molar-refractivity contribution in [1.29, 1.82) is 5.41 Å². The lowest BCUT2D eigenvalue weighted by Crippen LogP contribution is -2.31. The van der Waals surface area contributed by atoms with Crippen molar-refractivity contribution in [2.75, 3.05) is 0 Å². The first-order chi connectivity index (χ1) is 11.5. The highest BCUT2D eigenvalue weighted by Gasteiger charge is 2.33. The van der Waals surface area contributed by atoms with E-state index in [1.165, 1.54) is 12.3 Å². The molecule has 0 aliphatic carbocycles. The molecular formula is C20H19FN2O. The second-order valence-electron chi connectivity index (χ2n) is 6.36. The van der Waals surface area contributed by atoms with Crippen LogP contribution in [0.5, 0.6) is 0 Å². The molecule has 0 saturated heterocycles. The third-order valence-electron chi connectivity index (χ3n) is 4.41. The van der Waals surface area contributed by atoms with Crippen LogP contribution in [0.1, 0.15) is 29.3 Å². The van der Waals surface area contributed by atoms with Gasteiger partial charge in [-0.05, 0) is 42.8 Å². The quantitative estimate of drug-likeness (QED) is 0.498. The van der Waals surface area contributed by atoms with Crippen LogP contribution in [0.2, 0.25) is 0 Å². The first-order valence-electron chi connectivity index (χ1n) is 7.88. The average molecular weight is 322 g/mol. The summed E-state index contributed by atoms with van der Waals surface area (Å²) in [5, 5.41) is 8.15. The SMILES string of the molecule is CC(CC=N)(Cc1ccccc1)C(=O)c1cc(F)c2[nH]ccc2c1. The van der Waals surface area contributed by atoms with Gasteiger partial charge in [-0.2, -0.15) is 0 Å². The highest BCUT2D eigenvalue weighted by atomic mass is 19.1. The number of ketones is 1. The normalized spacial score (nSPS) is 13.6. The summed E-state index contributed by atoms with van der Waals surface area (Å²) in [5.74, 6) is -0.574. The van der Waals surface area contributed by atoms with Crippen molar-refractivity contribution >= 4 is 22.9 Å². The number of hydrogen-bond acceptors (Lipinski definition) is 2.